The van der Waals surface area contributed by atoms with Gasteiger partial charge in [0.1, 0.15) is 11.5 Å². The van der Waals surface area contributed by atoms with Gasteiger partial charge in [0.05, 0.1) is 11.1 Å². The molecule has 2 aromatic rings. The average Bonchev–Trinajstić information content (AvgIpc) is 2.37. The lowest BCUT2D eigenvalue weighted by molar-refractivity contribution is -0.143. The van der Waals surface area contributed by atoms with Crippen molar-refractivity contribution >= 4 is 8.19 Å². The summed E-state index contributed by atoms with van der Waals surface area (Å²) in [5, 5.41) is 0. The molecular formula is C13H7F6OP. The van der Waals surface area contributed by atoms with E-state index in [0.29, 0.717) is 12.1 Å². The van der Waals surface area contributed by atoms with Crippen molar-refractivity contribution < 1.29 is 31.1 Å². The molecule has 0 aliphatic rings. The Bertz CT molecular complexity index is 589. The van der Waals surface area contributed by atoms with Crippen LogP contribution in [0.1, 0.15) is 11.1 Å². The van der Waals surface area contributed by atoms with Crippen LogP contribution in [0.2, 0.25) is 0 Å². The first-order valence-corrected chi connectivity index (χ1v) is 6.57. The van der Waals surface area contributed by atoms with Gasteiger partial charge in [0.15, 0.2) is 0 Å². The third-order valence-electron chi connectivity index (χ3n) is 2.45. The molecule has 2 rings (SSSR count). The molecule has 0 saturated heterocycles. The zero-order valence-electron chi connectivity index (χ0n) is 10.2. The summed E-state index contributed by atoms with van der Waals surface area (Å²) in [6.07, 6.45) is -9.78. The number of hydrogen-bond acceptors (Lipinski definition) is 1. The summed E-state index contributed by atoms with van der Waals surface area (Å²) < 4.78 is 81.0. The van der Waals surface area contributed by atoms with Gasteiger partial charge in [-0.2, -0.15) is 26.3 Å². The minimum absolute atomic E-state index is 0.0582. The quantitative estimate of drug-likeness (QED) is 0.607. The van der Waals surface area contributed by atoms with Crippen molar-refractivity contribution in [2.45, 2.75) is 12.4 Å². The van der Waals surface area contributed by atoms with Gasteiger partial charge in [0.2, 0.25) is 0 Å². The number of ether oxygens (including phenoxy) is 1. The van der Waals surface area contributed by atoms with Gasteiger partial charge in [-0.05, 0) is 41.9 Å². The molecule has 0 radical (unpaired) electrons. The predicted molar refractivity (Wildman–Crippen MR) is 65.5 cm³/mol. The van der Waals surface area contributed by atoms with Crippen molar-refractivity contribution in [3.63, 3.8) is 0 Å². The van der Waals surface area contributed by atoms with Gasteiger partial charge in [-0.15, -0.1) is 0 Å². The van der Waals surface area contributed by atoms with Crippen molar-refractivity contribution in [2.24, 2.45) is 0 Å². The molecule has 0 aliphatic heterocycles. The lowest BCUT2D eigenvalue weighted by atomic mass is 10.1. The largest absolute Gasteiger partial charge is 0.457 e. The molecule has 0 aliphatic carbocycles. The van der Waals surface area contributed by atoms with Crippen LogP contribution in [0.25, 0.3) is 0 Å². The van der Waals surface area contributed by atoms with E-state index in [1.807, 2.05) is 0 Å². The summed E-state index contributed by atoms with van der Waals surface area (Å²) >= 11 is 0. The average molecular weight is 324 g/mol. The Labute approximate surface area is 117 Å². The number of rotatable bonds is 2. The van der Waals surface area contributed by atoms with Crippen LogP contribution >= 0.6 is 8.19 Å². The maximum atomic E-state index is 12.7. The summed E-state index contributed by atoms with van der Waals surface area (Å²) in [4.78, 5) is 0. The number of alkyl halides is 6. The van der Waals surface area contributed by atoms with Crippen LogP contribution in [0.3, 0.4) is 0 Å². The van der Waals surface area contributed by atoms with Gasteiger partial charge in [-0.1, -0.05) is 8.19 Å². The molecule has 1 aromatic heterocycles. The Morgan fingerprint density at radius 2 is 1.19 bits per heavy atom. The fraction of sp³-hybridized carbons (Fsp3) is 0.154. The first kappa shape index (κ1) is 15.6. The van der Waals surface area contributed by atoms with E-state index in [1.165, 1.54) is 12.1 Å². The van der Waals surface area contributed by atoms with Crippen molar-refractivity contribution in [2.75, 3.05) is 0 Å². The molecule has 21 heavy (non-hydrogen) atoms. The first-order chi connectivity index (χ1) is 9.66. The van der Waals surface area contributed by atoms with E-state index in [4.69, 9.17) is 4.74 Å². The fourth-order valence-corrected chi connectivity index (χ4v) is 2.09. The smallest absolute Gasteiger partial charge is 0.416 e. The summed E-state index contributed by atoms with van der Waals surface area (Å²) in [6.45, 7) is 0. The Morgan fingerprint density at radius 1 is 0.714 bits per heavy atom. The van der Waals surface area contributed by atoms with Gasteiger partial charge < -0.3 is 4.74 Å². The molecule has 0 spiro atoms. The molecular weight excluding hydrogens is 317 g/mol. The van der Waals surface area contributed by atoms with Crippen molar-refractivity contribution in [1.82, 2.24) is 0 Å². The Morgan fingerprint density at radius 3 is 1.62 bits per heavy atom. The molecule has 0 fully saturated rings. The topological polar surface area (TPSA) is 9.23 Å². The van der Waals surface area contributed by atoms with Crippen molar-refractivity contribution in [3.05, 3.63) is 53.1 Å². The van der Waals surface area contributed by atoms with Gasteiger partial charge in [-0.3, -0.25) is 0 Å². The van der Waals surface area contributed by atoms with E-state index in [-0.39, 0.29) is 11.8 Å². The minimum Gasteiger partial charge on any atom is -0.457 e. The number of hydrogen-bond donors (Lipinski definition) is 0. The molecule has 1 nitrogen and oxygen atoms in total. The van der Waals surface area contributed by atoms with Crippen LogP contribution in [0.4, 0.5) is 26.3 Å². The highest BCUT2D eigenvalue weighted by molar-refractivity contribution is 7.28. The van der Waals surface area contributed by atoms with E-state index in [2.05, 4.69) is 0 Å². The summed E-state index contributed by atoms with van der Waals surface area (Å²) in [6, 6.07) is 4.07. The fourth-order valence-electron chi connectivity index (χ4n) is 1.53. The second-order valence-electron chi connectivity index (χ2n) is 4.03. The van der Waals surface area contributed by atoms with E-state index < -0.39 is 29.2 Å². The zero-order valence-corrected chi connectivity index (χ0v) is 11.1. The molecule has 0 saturated carbocycles. The molecule has 0 bridgehead atoms. The van der Waals surface area contributed by atoms with E-state index >= 15 is 0 Å². The standard InChI is InChI=1S/C13H7F6OP/c14-12(15,16)8-5-9(13(17,18)19)7-11(6-8)20-10-1-3-21-4-2-10/h1-7H. The molecule has 0 atom stereocenters. The van der Waals surface area contributed by atoms with Crippen LogP contribution in [0, 0.1) is 0 Å². The number of halogens is 6. The molecule has 0 amide bonds. The monoisotopic (exact) mass is 324 g/mol. The summed E-state index contributed by atoms with van der Waals surface area (Å²) in [5.74, 6) is 2.95. The maximum Gasteiger partial charge on any atom is 0.416 e. The highest BCUT2D eigenvalue weighted by atomic mass is 31.0. The number of benzene rings is 1. The van der Waals surface area contributed by atoms with Crippen LogP contribution in [0.15, 0.2) is 41.9 Å². The van der Waals surface area contributed by atoms with Gasteiger partial charge in [0, 0.05) is 0 Å². The third kappa shape index (κ3) is 4.11. The zero-order chi connectivity index (χ0) is 15.7. The molecule has 0 N–H and O–H groups in total. The molecule has 1 aromatic carbocycles. The second kappa shape index (κ2) is 5.56. The minimum atomic E-state index is -4.89. The van der Waals surface area contributed by atoms with Crippen LogP contribution in [-0.2, 0) is 12.4 Å². The lowest BCUT2D eigenvalue weighted by Gasteiger charge is -2.14. The first-order valence-electron chi connectivity index (χ1n) is 5.53. The van der Waals surface area contributed by atoms with Crippen LogP contribution in [-0.4, -0.2) is 0 Å². The van der Waals surface area contributed by atoms with Crippen molar-refractivity contribution in [3.8, 4) is 11.5 Å². The van der Waals surface area contributed by atoms with E-state index in [9.17, 15) is 26.3 Å². The van der Waals surface area contributed by atoms with Crippen LogP contribution in [0.5, 0.6) is 11.5 Å². The molecule has 0 unspecified atom stereocenters. The Kier molecular flexibility index (Phi) is 4.14. The predicted octanol–water partition coefficient (Wildman–Crippen LogP) is 6.10. The third-order valence-corrected chi connectivity index (χ3v) is 3.09. The summed E-state index contributed by atoms with van der Waals surface area (Å²) in [5.41, 5.74) is -2.82. The lowest BCUT2D eigenvalue weighted by Crippen LogP contribution is -2.11. The Hall–Kier alpha value is -1.75. The maximum absolute atomic E-state index is 12.7. The highest BCUT2D eigenvalue weighted by Crippen LogP contribution is 2.39. The Balaban J connectivity index is 2.45. The highest BCUT2D eigenvalue weighted by Gasteiger charge is 2.37. The molecule has 112 valence electrons. The normalized spacial score (nSPS) is 12.3. The SMILES string of the molecule is FC(F)(F)c1cc(Oc2ccpcc2)cc(C(F)(F)F)c1. The summed E-state index contributed by atoms with van der Waals surface area (Å²) in [7, 11) is 0.853. The van der Waals surface area contributed by atoms with Gasteiger partial charge in [0.25, 0.3) is 0 Å². The van der Waals surface area contributed by atoms with E-state index in [0.717, 1.165) is 8.19 Å². The second-order valence-corrected chi connectivity index (χ2v) is 4.92. The molecule has 1 heterocycles. The van der Waals surface area contributed by atoms with Crippen LogP contribution < -0.4 is 4.74 Å². The van der Waals surface area contributed by atoms with Gasteiger partial charge in [-0.25, -0.2) is 0 Å². The molecule has 8 heteroatoms. The van der Waals surface area contributed by atoms with Gasteiger partial charge >= 0.3 is 12.4 Å². The van der Waals surface area contributed by atoms with Crippen molar-refractivity contribution in [1.29, 1.82) is 0 Å². The van der Waals surface area contributed by atoms with E-state index in [1.54, 1.807) is 11.6 Å².